The zero-order chi connectivity index (χ0) is 19.3. The van der Waals surface area contributed by atoms with Gasteiger partial charge in [-0.2, -0.15) is 0 Å². The van der Waals surface area contributed by atoms with E-state index in [1.165, 1.54) is 29.2 Å². The molecule has 26 heavy (non-hydrogen) atoms. The molecule has 1 aliphatic heterocycles. The lowest BCUT2D eigenvalue weighted by molar-refractivity contribution is -0.135. The first-order valence-corrected chi connectivity index (χ1v) is 8.66. The van der Waals surface area contributed by atoms with E-state index in [0.29, 0.717) is 13.1 Å². The van der Waals surface area contributed by atoms with Gasteiger partial charge in [-0.15, -0.1) is 0 Å². The van der Waals surface area contributed by atoms with Gasteiger partial charge in [0.2, 0.25) is 11.8 Å². The van der Waals surface area contributed by atoms with Gasteiger partial charge in [0.25, 0.3) is 5.91 Å². The van der Waals surface area contributed by atoms with Crippen molar-refractivity contribution < 1.29 is 23.9 Å². The van der Waals surface area contributed by atoms with Gasteiger partial charge in [-0.25, -0.2) is 4.39 Å². The number of aliphatic hydroxyl groups is 1. The number of carbonyl (C=O) groups excluding carboxylic acids is 3. The van der Waals surface area contributed by atoms with Gasteiger partial charge >= 0.3 is 0 Å². The molecule has 0 aromatic heterocycles. The molecule has 142 valence electrons. The van der Waals surface area contributed by atoms with E-state index >= 15 is 0 Å². The highest BCUT2D eigenvalue weighted by Gasteiger charge is 2.41. The molecule has 1 saturated heterocycles. The Bertz CT molecular complexity index is 661. The predicted octanol–water partition coefficient (Wildman–Crippen LogP) is 0.386. The van der Waals surface area contributed by atoms with Crippen LogP contribution in [0.3, 0.4) is 0 Å². The Hall–Kier alpha value is -2.48. The van der Waals surface area contributed by atoms with Crippen LogP contribution < -0.4 is 5.32 Å². The van der Waals surface area contributed by atoms with Crippen molar-refractivity contribution in [2.75, 3.05) is 26.2 Å². The van der Waals surface area contributed by atoms with Crippen LogP contribution in [0.1, 0.15) is 30.6 Å². The summed E-state index contributed by atoms with van der Waals surface area (Å²) in [6.45, 7) is 4.23. The van der Waals surface area contributed by atoms with Gasteiger partial charge in [-0.1, -0.05) is 0 Å². The molecule has 1 aliphatic rings. The molecule has 8 heteroatoms. The maximum absolute atomic E-state index is 13.1. The van der Waals surface area contributed by atoms with E-state index in [0.717, 1.165) is 0 Å². The van der Waals surface area contributed by atoms with Crippen molar-refractivity contribution in [3.05, 3.63) is 35.6 Å². The number of halogens is 1. The summed E-state index contributed by atoms with van der Waals surface area (Å²) in [5.74, 6) is -1.59. The van der Waals surface area contributed by atoms with Crippen molar-refractivity contribution in [3.63, 3.8) is 0 Å². The summed E-state index contributed by atoms with van der Waals surface area (Å²) >= 11 is 0. The quantitative estimate of drug-likeness (QED) is 0.763. The standard InChI is InChI=1S/C18H24FN3O4/c1-3-21(4-2)18(26)15-9-14(20-16(24)11-23)10-22(15)17(25)12-5-7-13(19)8-6-12/h5-8,14-15,23H,3-4,9-11H2,1-2H3,(H,20,24)/t14-,15-/m0/s1. The van der Waals surface area contributed by atoms with E-state index < -0.39 is 36.3 Å². The lowest BCUT2D eigenvalue weighted by atomic mass is 10.1. The summed E-state index contributed by atoms with van der Waals surface area (Å²) in [6, 6.07) is 3.98. The normalized spacial score (nSPS) is 19.3. The van der Waals surface area contributed by atoms with Gasteiger partial charge in [0.15, 0.2) is 0 Å². The minimum Gasteiger partial charge on any atom is -0.387 e. The van der Waals surface area contributed by atoms with E-state index in [1.54, 1.807) is 4.90 Å². The topological polar surface area (TPSA) is 89.9 Å². The highest BCUT2D eigenvalue weighted by Crippen LogP contribution is 2.23. The van der Waals surface area contributed by atoms with Crippen LogP contribution in [0.5, 0.6) is 0 Å². The number of nitrogens with one attached hydrogen (secondary N) is 1. The first-order chi connectivity index (χ1) is 12.4. The van der Waals surface area contributed by atoms with Crippen LogP contribution in [0.25, 0.3) is 0 Å². The van der Waals surface area contributed by atoms with Gasteiger partial charge in [0, 0.05) is 31.2 Å². The predicted molar refractivity (Wildman–Crippen MR) is 92.8 cm³/mol. The SMILES string of the molecule is CCN(CC)C(=O)[C@@H]1C[C@H](NC(=O)CO)CN1C(=O)c1ccc(F)cc1. The summed E-state index contributed by atoms with van der Waals surface area (Å²) in [6.07, 6.45) is 0.272. The van der Waals surface area contributed by atoms with Crippen molar-refractivity contribution in [1.29, 1.82) is 0 Å². The Balaban J connectivity index is 2.25. The second kappa shape index (κ2) is 8.75. The lowest BCUT2D eigenvalue weighted by Gasteiger charge is -2.28. The van der Waals surface area contributed by atoms with Gasteiger partial charge in [0.05, 0.1) is 0 Å². The molecule has 0 saturated carbocycles. The molecule has 0 radical (unpaired) electrons. The van der Waals surface area contributed by atoms with Gasteiger partial charge in [0.1, 0.15) is 18.5 Å². The van der Waals surface area contributed by atoms with Crippen LogP contribution >= 0.6 is 0 Å². The van der Waals surface area contributed by atoms with Crippen LogP contribution in [-0.4, -0.2) is 71.0 Å². The van der Waals surface area contributed by atoms with E-state index in [4.69, 9.17) is 5.11 Å². The molecule has 2 rings (SSSR count). The molecule has 0 aliphatic carbocycles. The Morgan fingerprint density at radius 3 is 2.38 bits per heavy atom. The van der Waals surface area contributed by atoms with E-state index in [-0.39, 0.29) is 24.4 Å². The Labute approximate surface area is 151 Å². The number of hydrogen-bond acceptors (Lipinski definition) is 4. The van der Waals surface area contributed by atoms with Crippen molar-refractivity contribution in [2.24, 2.45) is 0 Å². The Kier molecular flexibility index (Phi) is 6.68. The smallest absolute Gasteiger partial charge is 0.254 e. The summed E-state index contributed by atoms with van der Waals surface area (Å²) in [5.41, 5.74) is 0.276. The minimum absolute atomic E-state index is 0.152. The first kappa shape index (κ1) is 19.8. The zero-order valence-electron chi connectivity index (χ0n) is 14.9. The van der Waals surface area contributed by atoms with Gasteiger partial charge < -0.3 is 20.2 Å². The number of amides is 3. The molecule has 1 aromatic rings. The third-order valence-corrected chi connectivity index (χ3v) is 4.52. The molecule has 1 fully saturated rings. The Morgan fingerprint density at radius 1 is 1.23 bits per heavy atom. The summed E-state index contributed by atoms with van der Waals surface area (Å²) in [5, 5.41) is 11.5. The van der Waals surface area contributed by atoms with Crippen LogP contribution in [0.2, 0.25) is 0 Å². The maximum atomic E-state index is 13.1. The number of aliphatic hydroxyl groups excluding tert-OH is 1. The molecule has 0 spiro atoms. The van der Waals surface area contributed by atoms with Crippen molar-refractivity contribution >= 4 is 17.7 Å². The fraction of sp³-hybridized carbons (Fsp3) is 0.500. The molecule has 0 unspecified atom stereocenters. The van der Waals surface area contributed by atoms with E-state index in [9.17, 15) is 18.8 Å². The number of likely N-dealkylation sites (N-methyl/N-ethyl adjacent to an activating group) is 1. The largest absolute Gasteiger partial charge is 0.387 e. The number of benzene rings is 1. The molecule has 2 N–H and O–H groups in total. The highest BCUT2D eigenvalue weighted by molar-refractivity contribution is 5.98. The zero-order valence-corrected chi connectivity index (χ0v) is 14.9. The number of nitrogens with zero attached hydrogens (tertiary/aromatic N) is 2. The van der Waals surface area contributed by atoms with Crippen molar-refractivity contribution in [1.82, 2.24) is 15.1 Å². The third kappa shape index (κ3) is 4.37. The van der Waals surface area contributed by atoms with E-state index in [2.05, 4.69) is 5.32 Å². The highest BCUT2D eigenvalue weighted by atomic mass is 19.1. The van der Waals surface area contributed by atoms with Crippen LogP contribution in [0, 0.1) is 5.82 Å². The molecule has 1 aromatic carbocycles. The second-order valence-corrected chi connectivity index (χ2v) is 6.15. The maximum Gasteiger partial charge on any atom is 0.254 e. The molecular weight excluding hydrogens is 341 g/mol. The van der Waals surface area contributed by atoms with Gasteiger partial charge in [-0.3, -0.25) is 14.4 Å². The minimum atomic E-state index is -0.712. The number of carbonyl (C=O) groups is 3. The van der Waals surface area contributed by atoms with Crippen molar-refractivity contribution in [2.45, 2.75) is 32.4 Å². The van der Waals surface area contributed by atoms with E-state index in [1.807, 2.05) is 13.8 Å². The molecular formula is C18H24FN3O4. The van der Waals surface area contributed by atoms with Crippen LogP contribution in [0.15, 0.2) is 24.3 Å². The number of likely N-dealkylation sites (tertiary alicyclic amines) is 1. The second-order valence-electron chi connectivity index (χ2n) is 6.15. The number of rotatable bonds is 6. The van der Waals surface area contributed by atoms with Crippen LogP contribution in [0.4, 0.5) is 4.39 Å². The molecule has 3 amide bonds. The molecule has 7 nitrogen and oxygen atoms in total. The fourth-order valence-electron chi connectivity index (χ4n) is 3.18. The summed E-state index contributed by atoms with van der Waals surface area (Å²) in [4.78, 5) is 40.2. The molecule has 0 bridgehead atoms. The summed E-state index contributed by atoms with van der Waals surface area (Å²) < 4.78 is 13.1. The third-order valence-electron chi connectivity index (χ3n) is 4.52. The van der Waals surface area contributed by atoms with Crippen LogP contribution in [-0.2, 0) is 9.59 Å². The van der Waals surface area contributed by atoms with Gasteiger partial charge in [-0.05, 0) is 44.5 Å². The average Bonchev–Trinajstić information content (AvgIpc) is 3.06. The monoisotopic (exact) mass is 365 g/mol. The molecule has 1 heterocycles. The lowest BCUT2D eigenvalue weighted by Crippen LogP contribution is -2.47. The first-order valence-electron chi connectivity index (χ1n) is 8.66. The van der Waals surface area contributed by atoms with Crippen molar-refractivity contribution in [3.8, 4) is 0 Å². The fourth-order valence-corrected chi connectivity index (χ4v) is 3.18. The average molecular weight is 365 g/mol. The summed E-state index contributed by atoms with van der Waals surface area (Å²) in [7, 11) is 0. The Morgan fingerprint density at radius 2 is 1.85 bits per heavy atom. The number of hydrogen-bond donors (Lipinski definition) is 2. The molecule has 2 atom stereocenters.